The van der Waals surface area contributed by atoms with Crippen LogP contribution in [0.15, 0.2) is 12.1 Å². The Balaban J connectivity index is 1.93. The van der Waals surface area contributed by atoms with Crippen LogP contribution < -0.4 is 5.32 Å². The molecule has 0 bridgehead atoms. The maximum Gasteiger partial charge on any atom is 0.409 e. The second kappa shape index (κ2) is 7.35. The zero-order valence-electron chi connectivity index (χ0n) is 13.9. The summed E-state index contributed by atoms with van der Waals surface area (Å²) >= 11 is 0. The lowest BCUT2D eigenvalue weighted by Crippen LogP contribution is -2.45. The van der Waals surface area contributed by atoms with E-state index in [1.165, 1.54) is 7.11 Å². The van der Waals surface area contributed by atoms with Crippen molar-refractivity contribution in [2.24, 2.45) is 5.92 Å². The second-order valence-corrected chi connectivity index (χ2v) is 6.05. The van der Waals surface area contributed by atoms with Crippen LogP contribution in [-0.4, -0.2) is 42.2 Å². The van der Waals surface area contributed by atoms with Gasteiger partial charge in [0.25, 0.3) is 0 Å². The van der Waals surface area contributed by atoms with Crippen molar-refractivity contribution in [3.05, 3.63) is 28.8 Å². The minimum Gasteiger partial charge on any atom is -0.507 e. The van der Waals surface area contributed by atoms with Gasteiger partial charge < -0.3 is 20.1 Å². The first-order chi connectivity index (χ1) is 10.9. The summed E-state index contributed by atoms with van der Waals surface area (Å²) in [5.41, 5.74) is 2.54. The predicted molar refractivity (Wildman–Crippen MR) is 86.1 cm³/mol. The molecule has 1 aliphatic heterocycles. The quantitative estimate of drug-likeness (QED) is 0.894. The number of nitrogens with zero attached hydrogens (tertiary/aromatic N) is 1. The highest BCUT2D eigenvalue weighted by Crippen LogP contribution is 2.23. The molecule has 2 amide bonds. The number of hydrogen-bond acceptors (Lipinski definition) is 4. The largest absolute Gasteiger partial charge is 0.507 e. The van der Waals surface area contributed by atoms with Gasteiger partial charge in [-0.2, -0.15) is 0 Å². The molecule has 1 aliphatic rings. The Hall–Kier alpha value is -2.24. The topological polar surface area (TPSA) is 78.9 Å². The maximum absolute atomic E-state index is 12.3. The Morgan fingerprint density at radius 3 is 2.61 bits per heavy atom. The number of methoxy groups -OCH3 is 1. The summed E-state index contributed by atoms with van der Waals surface area (Å²) in [6.45, 7) is 5.11. The van der Waals surface area contributed by atoms with Crippen LogP contribution in [0.25, 0.3) is 0 Å². The van der Waals surface area contributed by atoms with Crippen molar-refractivity contribution in [3.63, 3.8) is 0 Å². The van der Waals surface area contributed by atoms with Crippen molar-refractivity contribution < 1.29 is 19.4 Å². The average molecular weight is 320 g/mol. The number of rotatable bonds is 3. The summed E-state index contributed by atoms with van der Waals surface area (Å²) in [7, 11) is 1.35. The Kier molecular flexibility index (Phi) is 5.47. The third-order valence-corrected chi connectivity index (χ3v) is 4.24. The van der Waals surface area contributed by atoms with E-state index in [-0.39, 0.29) is 17.9 Å². The van der Waals surface area contributed by atoms with Crippen LogP contribution in [0, 0.1) is 19.8 Å². The molecule has 6 nitrogen and oxygen atoms in total. The number of phenolic OH excluding ortho intramolecular Hbond substituents is 1. The van der Waals surface area contributed by atoms with Gasteiger partial charge in [0.1, 0.15) is 5.75 Å². The normalized spacial score (nSPS) is 17.7. The number of piperidine rings is 1. The van der Waals surface area contributed by atoms with Crippen LogP contribution in [0.5, 0.6) is 5.75 Å². The van der Waals surface area contributed by atoms with Crippen molar-refractivity contribution in [3.8, 4) is 5.75 Å². The van der Waals surface area contributed by atoms with E-state index in [4.69, 9.17) is 4.74 Å². The van der Waals surface area contributed by atoms with Crippen LogP contribution in [-0.2, 0) is 16.1 Å². The van der Waals surface area contributed by atoms with E-state index in [9.17, 15) is 14.7 Å². The average Bonchev–Trinajstić information content (AvgIpc) is 2.56. The van der Waals surface area contributed by atoms with Gasteiger partial charge in [-0.1, -0.05) is 12.1 Å². The summed E-state index contributed by atoms with van der Waals surface area (Å²) in [6.07, 6.45) is 1.18. The van der Waals surface area contributed by atoms with Crippen molar-refractivity contribution in [1.82, 2.24) is 10.2 Å². The molecule has 2 rings (SSSR count). The lowest BCUT2D eigenvalue weighted by Gasteiger charge is -2.30. The molecule has 1 saturated heterocycles. The number of hydrogen-bond donors (Lipinski definition) is 2. The molecule has 0 saturated carbocycles. The van der Waals surface area contributed by atoms with Crippen molar-refractivity contribution in [1.29, 1.82) is 0 Å². The first kappa shape index (κ1) is 17.1. The van der Waals surface area contributed by atoms with E-state index >= 15 is 0 Å². The Morgan fingerprint density at radius 2 is 2.00 bits per heavy atom. The minimum atomic E-state index is -0.382. The molecule has 1 heterocycles. The zero-order chi connectivity index (χ0) is 17.0. The molecule has 0 aromatic heterocycles. The van der Waals surface area contributed by atoms with Gasteiger partial charge in [-0.25, -0.2) is 4.79 Å². The van der Waals surface area contributed by atoms with Crippen LogP contribution in [0.1, 0.15) is 29.5 Å². The third-order valence-electron chi connectivity index (χ3n) is 4.24. The van der Waals surface area contributed by atoms with Gasteiger partial charge >= 0.3 is 6.09 Å². The van der Waals surface area contributed by atoms with E-state index in [1.54, 1.807) is 4.90 Å². The molecule has 1 aromatic rings. The molecule has 0 radical (unpaired) electrons. The van der Waals surface area contributed by atoms with Crippen LogP contribution in [0.3, 0.4) is 0 Å². The second-order valence-electron chi connectivity index (χ2n) is 6.05. The van der Waals surface area contributed by atoms with E-state index in [0.717, 1.165) is 29.5 Å². The Bertz CT molecular complexity index is 577. The molecule has 6 heteroatoms. The van der Waals surface area contributed by atoms with E-state index in [2.05, 4.69) is 5.32 Å². The molecule has 126 valence electrons. The number of phenols is 1. The van der Waals surface area contributed by atoms with Crippen LogP contribution >= 0.6 is 0 Å². The summed E-state index contributed by atoms with van der Waals surface area (Å²) < 4.78 is 4.72. The van der Waals surface area contributed by atoms with Crippen LogP contribution in [0.2, 0.25) is 0 Å². The van der Waals surface area contributed by atoms with Crippen molar-refractivity contribution in [2.75, 3.05) is 20.2 Å². The number of aromatic hydroxyl groups is 1. The third kappa shape index (κ3) is 4.15. The number of ether oxygens (including phenoxy) is 1. The molecule has 23 heavy (non-hydrogen) atoms. The zero-order valence-corrected chi connectivity index (χ0v) is 13.9. The van der Waals surface area contributed by atoms with E-state index in [1.807, 2.05) is 26.0 Å². The van der Waals surface area contributed by atoms with E-state index < -0.39 is 0 Å². The lowest BCUT2D eigenvalue weighted by atomic mass is 9.97. The number of carbonyl (C=O) groups is 2. The van der Waals surface area contributed by atoms with Gasteiger partial charge in [0.05, 0.1) is 13.0 Å². The fourth-order valence-corrected chi connectivity index (χ4v) is 2.97. The number of benzene rings is 1. The fraction of sp³-hybridized carbons (Fsp3) is 0.529. The van der Waals surface area contributed by atoms with Gasteiger partial charge in [-0.05, 0) is 43.4 Å². The van der Waals surface area contributed by atoms with Gasteiger partial charge in [0, 0.05) is 19.6 Å². The van der Waals surface area contributed by atoms with Gasteiger partial charge in [-0.3, -0.25) is 4.79 Å². The van der Waals surface area contributed by atoms with Gasteiger partial charge in [-0.15, -0.1) is 0 Å². The standard InChI is InChI=1S/C17H24N2O4/c1-11-7-13(8-12(2)15(11)20)9-18-16(21)14-5-4-6-19(10-14)17(22)23-3/h7-8,14,20H,4-6,9-10H2,1-3H3,(H,18,21). The van der Waals surface area contributed by atoms with E-state index in [0.29, 0.717) is 25.4 Å². The lowest BCUT2D eigenvalue weighted by molar-refractivity contribution is -0.126. The molecule has 1 atom stereocenters. The van der Waals surface area contributed by atoms with Crippen LogP contribution in [0.4, 0.5) is 4.79 Å². The molecule has 1 unspecified atom stereocenters. The number of aryl methyl sites for hydroxylation is 2. The van der Waals surface area contributed by atoms with Gasteiger partial charge in [0.15, 0.2) is 0 Å². The number of nitrogens with one attached hydrogen (secondary N) is 1. The number of amides is 2. The molecular formula is C17H24N2O4. The van der Waals surface area contributed by atoms with Gasteiger partial charge in [0.2, 0.25) is 5.91 Å². The molecular weight excluding hydrogens is 296 g/mol. The maximum atomic E-state index is 12.3. The summed E-state index contributed by atoms with van der Waals surface area (Å²) in [4.78, 5) is 25.5. The number of likely N-dealkylation sites (tertiary alicyclic amines) is 1. The molecule has 2 N–H and O–H groups in total. The first-order valence-electron chi connectivity index (χ1n) is 7.82. The van der Waals surface area contributed by atoms with Crippen molar-refractivity contribution >= 4 is 12.0 Å². The first-order valence-corrected chi connectivity index (χ1v) is 7.82. The summed E-state index contributed by atoms with van der Waals surface area (Å²) in [5.74, 6) is 0.0326. The molecule has 1 aromatic carbocycles. The molecule has 0 aliphatic carbocycles. The molecule has 0 spiro atoms. The Morgan fingerprint density at radius 1 is 1.35 bits per heavy atom. The fourth-order valence-electron chi connectivity index (χ4n) is 2.97. The SMILES string of the molecule is COC(=O)N1CCCC(C(=O)NCc2cc(C)c(O)c(C)c2)C1. The summed E-state index contributed by atoms with van der Waals surface area (Å²) in [5, 5.41) is 12.7. The minimum absolute atomic E-state index is 0.0537. The summed E-state index contributed by atoms with van der Waals surface area (Å²) in [6, 6.07) is 3.73. The highest BCUT2D eigenvalue weighted by molar-refractivity contribution is 5.80. The monoisotopic (exact) mass is 320 g/mol. The Labute approximate surface area is 136 Å². The number of carbonyl (C=O) groups excluding carboxylic acids is 2. The highest BCUT2D eigenvalue weighted by atomic mass is 16.5. The van der Waals surface area contributed by atoms with Crippen molar-refractivity contribution in [2.45, 2.75) is 33.2 Å². The predicted octanol–water partition coefficient (Wildman–Crippen LogP) is 2.10. The smallest absolute Gasteiger partial charge is 0.409 e. The molecule has 1 fully saturated rings. The highest BCUT2D eigenvalue weighted by Gasteiger charge is 2.28.